The van der Waals surface area contributed by atoms with E-state index in [2.05, 4.69) is 4.74 Å². The Morgan fingerprint density at radius 1 is 1.16 bits per heavy atom. The smallest absolute Gasteiger partial charge is 0.413 e. The molecule has 2 rings (SSSR count). The van der Waals surface area contributed by atoms with Crippen LogP contribution in [-0.4, -0.2) is 31.2 Å². The Labute approximate surface area is 151 Å². The number of carbonyl (C=O) groups is 3. The second-order valence-electron chi connectivity index (χ2n) is 6.00. The van der Waals surface area contributed by atoms with Crippen LogP contribution in [0.15, 0.2) is 24.3 Å². The molecule has 1 fully saturated rings. The normalized spacial score (nSPS) is 15.9. The molecular weight excluding hydrogens is 346 g/mol. The van der Waals surface area contributed by atoms with E-state index in [1.807, 2.05) is 11.4 Å². The van der Waals surface area contributed by atoms with Gasteiger partial charge in [0.25, 0.3) is 5.91 Å². The molecule has 0 unspecified atom stereocenters. The molecule has 1 saturated carbocycles. The first-order valence-electron chi connectivity index (χ1n) is 8.38. The fourth-order valence-corrected chi connectivity index (χ4v) is 3.33. The van der Waals surface area contributed by atoms with E-state index in [0.717, 1.165) is 24.8 Å². The van der Waals surface area contributed by atoms with Gasteiger partial charge in [-0.2, -0.15) is 0 Å². The summed E-state index contributed by atoms with van der Waals surface area (Å²) < 4.78 is 9.83. The van der Waals surface area contributed by atoms with Gasteiger partial charge < -0.3 is 9.47 Å². The summed E-state index contributed by atoms with van der Waals surface area (Å²) in [5, 5.41) is 2.55. The number of benzene rings is 1. The predicted molar refractivity (Wildman–Crippen MR) is 92.3 cm³/mol. The van der Waals surface area contributed by atoms with E-state index in [1.54, 1.807) is 25.1 Å². The molecule has 0 heterocycles. The summed E-state index contributed by atoms with van der Waals surface area (Å²) in [5.74, 6) is -1.18. The van der Waals surface area contributed by atoms with Gasteiger partial charge in [-0.15, -0.1) is 0 Å². The van der Waals surface area contributed by atoms with Crippen LogP contribution in [0.5, 0.6) is 0 Å². The van der Waals surface area contributed by atoms with Gasteiger partial charge in [0.2, 0.25) is 0 Å². The first-order chi connectivity index (χ1) is 12.0. The lowest BCUT2D eigenvalue weighted by molar-refractivity contribution is -0.155. The lowest BCUT2D eigenvalue weighted by Crippen LogP contribution is -2.42. The molecule has 0 aromatic heterocycles. The third-order valence-electron chi connectivity index (χ3n) is 4.33. The topological polar surface area (TPSA) is 81.7 Å². The molecule has 1 N–H and O–H groups in total. The van der Waals surface area contributed by atoms with Crippen molar-refractivity contribution in [2.24, 2.45) is 0 Å². The number of imide groups is 1. The number of rotatable bonds is 5. The number of amides is 2. The van der Waals surface area contributed by atoms with Crippen molar-refractivity contribution in [1.82, 2.24) is 5.32 Å². The fourth-order valence-electron chi connectivity index (χ4n) is 3.14. The average Bonchev–Trinajstić information content (AvgIpc) is 2.60. The van der Waals surface area contributed by atoms with Gasteiger partial charge in [-0.25, -0.2) is 4.79 Å². The summed E-state index contributed by atoms with van der Waals surface area (Å²) in [4.78, 5) is 35.7. The summed E-state index contributed by atoms with van der Waals surface area (Å²) in [6, 6.07) is 7.18. The van der Waals surface area contributed by atoms with Crippen molar-refractivity contribution in [2.75, 3.05) is 13.2 Å². The van der Waals surface area contributed by atoms with Crippen LogP contribution in [0.1, 0.15) is 44.6 Å². The Kier molecular flexibility index (Phi) is 6.82. The van der Waals surface area contributed by atoms with Crippen LogP contribution in [0.4, 0.5) is 4.79 Å². The molecule has 6 nitrogen and oxygen atoms in total. The Bertz CT molecular complexity index is 640. The number of ether oxygens (including phenoxy) is 2. The summed E-state index contributed by atoms with van der Waals surface area (Å²) in [6.07, 6.45) is 3.29. The Morgan fingerprint density at radius 3 is 2.52 bits per heavy atom. The minimum atomic E-state index is -0.856. The summed E-state index contributed by atoms with van der Waals surface area (Å²) in [5.41, 5.74) is 0.00313. The maximum atomic E-state index is 12.8. The van der Waals surface area contributed by atoms with Gasteiger partial charge in [-0.05, 0) is 37.5 Å². The molecule has 136 valence electrons. The number of hydrogen-bond donors (Lipinski definition) is 1. The second-order valence-corrected chi connectivity index (χ2v) is 6.43. The number of halogens is 1. The second kappa shape index (κ2) is 8.85. The zero-order valence-electron chi connectivity index (χ0n) is 14.2. The van der Waals surface area contributed by atoms with E-state index in [9.17, 15) is 14.4 Å². The van der Waals surface area contributed by atoms with E-state index < -0.39 is 30.0 Å². The molecule has 0 radical (unpaired) electrons. The molecule has 1 aliphatic rings. The number of carbonyl (C=O) groups excluding carboxylic acids is 3. The minimum Gasteiger partial charge on any atom is -0.455 e. The highest BCUT2D eigenvalue weighted by Gasteiger charge is 2.43. The zero-order chi connectivity index (χ0) is 18.3. The minimum absolute atomic E-state index is 0.150. The van der Waals surface area contributed by atoms with Gasteiger partial charge in [0, 0.05) is 5.02 Å². The molecule has 1 aromatic carbocycles. The van der Waals surface area contributed by atoms with Crippen LogP contribution in [0, 0.1) is 0 Å². The van der Waals surface area contributed by atoms with E-state index in [4.69, 9.17) is 16.3 Å². The molecule has 0 atom stereocenters. The fraction of sp³-hybridized carbons (Fsp3) is 0.500. The molecule has 1 aromatic rings. The third kappa shape index (κ3) is 4.95. The molecule has 1 aliphatic carbocycles. The van der Waals surface area contributed by atoms with Crippen LogP contribution >= 0.6 is 11.6 Å². The van der Waals surface area contributed by atoms with Crippen LogP contribution in [0.2, 0.25) is 5.02 Å². The van der Waals surface area contributed by atoms with Gasteiger partial charge in [-0.3, -0.25) is 14.9 Å². The highest BCUT2D eigenvalue weighted by molar-refractivity contribution is 6.30. The Balaban J connectivity index is 2.07. The van der Waals surface area contributed by atoms with Gasteiger partial charge in [0.05, 0.1) is 12.0 Å². The number of alkyl carbamates (subject to hydrolysis) is 1. The van der Waals surface area contributed by atoms with Crippen molar-refractivity contribution in [3.8, 4) is 0 Å². The highest BCUT2D eigenvalue weighted by atomic mass is 35.5. The largest absolute Gasteiger partial charge is 0.455 e. The van der Waals surface area contributed by atoms with Crippen molar-refractivity contribution in [1.29, 1.82) is 0 Å². The molecule has 25 heavy (non-hydrogen) atoms. The standard InChI is InChI=1S/C18H22ClNO5/c1-2-24-17(23)20-15(21)12-25-16(22)18(9-4-3-5-10-18)13-7-6-8-14(19)11-13/h6-8,11H,2-5,9-10,12H2,1H3,(H,20,21,23). The number of hydrogen-bond acceptors (Lipinski definition) is 5. The van der Waals surface area contributed by atoms with Gasteiger partial charge >= 0.3 is 12.1 Å². The van der Waals surface area contributed by atoms with E-state index in [1.165, 1.54) is 0 Å². The van der Waals surface area contributed by atoms with Crippen LogP contribution < -0.4 is 5.32 Å². The van der Waals surface area contributed by atoms with Crippen molar-refractivity contribution in [2.45, 2.75) is 44.4 Å². The Hall–Kier alpha value is -2.08. The molecule has 0 saturated heterocycles. The maximum absolute atomic E-state index is 12.8. The summed E-state index contributed by atoms with van der Waals surface area (Å²) in [7, 11) is 0. The summed E-state index contributed by atoms with van der Waals surface area (Å²) in [6.45, 7) is 1.25. The first kappa shape index (κ1) is 19.2. The summed E-state index contributed by atoms with van der Waals surface area (Å²) >= 11 is 6.08. The third-order valence-corrected chi connectivity index (χ3v) is 4.56. The molecule has 2 amide bonds. The van der Waals surface area contributed by atoms with Crippen LogP contribution in [0.3, 0.4) is 0 Å². The van der Waals surface area contributed by atoms with E-state index in [-0.39, 0.29) is 6.61 Å². The molecule has 0 aliphatic heterocycles. The lowest BCUT2D eigenvalue weighted by Gasteiger charge is -2.35. The molecule has 7 heteroatoms. The van der Waals surface area contributed by atoms with Crippen LogP contribution in [0.25, 0.3) is 0 Å². The monoisotopic (exact) mass is 367 g/mol. The van der Waals surface area contributed by atoms with Crippen molar-refractivity contribution in [3.05, 3.63) is 34.9 Å². The number of nitrogens with one attached hydrogen (secondary N) is 1. The Morgan fingerprint density at radius 2 is 1.88 bits per heavy atom. The zero-order valence-corrected chi connectivity index (χ0v) is 14.9. The van der Waals surface area contributed by atoms with E-state index >= 15 is 0 Å². The maximum Gasteiger partial charge on any atom is 0.413 e. The predicted octanol–water partition coefficient (Wildman–Crippen LogP) is 3.36. The SMILES string of the molecule is CCOC(=O)NC(=O)COC(=O)C1(c2cccc(Cl)c2)CCCCC1. The van der Waals surface area contributed by atoms with Crippen molar-refractivity contribution < 1.29 is 23.9 Å². The first-order valence-corrected chi connectivity index (χ1v) is 8.75. The highest BCUT2D eigenvalue weighted by Crippen LogP contribution is 2.41. The van der Waals surface area contributed by atoms with Crippen molar-refractivity contribution >= 4 is 29.6 Å². The van der Waals surface area contributed by atoms with Crippen LogP contribution in [-0.2, 0) is 24.5 Å². The van der Waals surface area contributed by atoms with Gasteiger partial charge in [0.15, 0.2) is 6.61 Å². The van der Waals surface area contributed by atoms with Gasteiger partial charge in [0.1, 0.15) is 0 Å². The van der Waals surface area contributed by atoms with Gasteiger partial charge in [-0.1, -0.05) is 43.0 Å². The van der Waals surface area contributed by atoms with Crippen molar-refractivity contribution in [3.63, 3.8) is 0 Å². The molecule has 0 spiro atoms. The quantitative estimate of drug-likeness (QED) is 0.807. The lowest BCUT2D eigenvalue weighted by atomic mass is 9.69. The molecular formula is C18H22ClNO5. The van der Waals surface area contributed by atoms with E-state index in [0.29, 0.717) is 17.9 Å². The average molecular weight is 368 g/mol. The number of esters is 1. The molecule has 0 bridgehead atoms.